The van der Waals surface area contributed by atoms with Crippen LogP contribution in [-0.4, -0.2) is 25.7 Å². The number of methoxy groups -OCH3 is 1. The van der Waals surface area contributed by atoms with E-state index < -0.39 is 0 Å². The number of esters is 1. The number of nitrogens with one attached hydrogen (secondary N) is 1. The fourth-order valence-electron chi connectivity index (χ4n) is 3.25. The molecule has 0 aromatic rings. The van der Waals surface area contributed by atoms with Gasteiger partial charge in [-0.2, -0.15) is 0 Å². The number of carbonyl (C=O) groups is 1. The van der Waals surface area contributed by atoms with E-state index in [1.165, 1.54) is 20.0 Å². The molecule has 3 heteroatoms. The highest BCUT2D eigenvalue weighted by Crippen LogP contribution is 2.40. The van der Waals surface area contributed by atoms with Gasteiger partial charge >= 0.3 is 5.97 Å². The zero-order chi connectivity index (χ0) is 15.3. The molecule has 0 aromatic heterocycles. The van der Waals surface area contributed by atoms with Gasteiger partial charge in [0.15, 0.2) is 0 Å². The molecule has 1 rings (SSSR count). The fourth-order valence-corrected chi connectivity index (χ4v) is 3.25. The third kappa shape index (κ3) is 5.08. The van der Waals surface area contributed by atoms with Crippen LogP contribution in [0.3, 0.4) is 0 Å². The number of rotatable bonds is 5. The quantitative estimate of drug-likeness (QED) is 0.783. The topological polar surface area (TPSA) is 38.3 Å². The van der Waals surface area contributed by atoms with Crippen molar-refractivity contribution in [1.29, 1.82) is 0 Å². The molecule has 1 aliphatic carbocycles. The van der Waals surface area contributed by atoms with Gasteiger partial charge in [-0.15, -0.1) is 0 Å². The van der Waals surface area contributed by atoms with Crippen molar-refractivity contribution in [3.05, 3.63) is 0 Å². The van der Waals surface area contributed by atoms with E-state index >= 15 is 0 Å². The Hall–Kier alpha value is -0.570. The van der Waals surface area contributed by atoms with Crippen molar-refractivity contribution in [3.8, 4) is 0 Å². The van der Waals surface area contributed by atoms with Crippen molar-refractivity contribution in [1.82, 2.24) is 5.32 Å². The molecule has 118 valence electrons. The maximum Gasteiger partial charge on any atom is 0.323 e. The van der Waals surface area contributed by atoms with Gasteiger partial charge in [0.1, 0.15) is 6.04 Å². The fraction of sp³-hybridized carbons (Fsp3) is 0.941. The Morgan fingerprint density at radius 1 is 1.20 bits per heavy atom. The standard InChI is InChI=1S/C17H33NO2/c1-12(2)11-18-15(16(19)20-6)13-7-9-14(10-8-13)17(3,4)5/h12-15,18H,7-11H2,1-6H3. The SMILES string of the molecule is COC(=O)C(NCC(C)C)C1CCC(C(C)(C)C)CC1. The third-order valence-electron chi connectivity index (χ3n) is 4.67. The van der Waals surface area contributed by atoms with E-state index in [9.17, 15) is 4.79 Å². The molecule has 0 radical (unpaired) electrons. The van der Waals surface area contributed by atoms with Crippen LogP contribution >= 0.6 is 0 Å². The molecule has 1 saturated carbocycles. The van der Waals surface area contributed by atoms with Gasteiger partial charge in [0.25, 0.3) is 0 Å². The molecular formula is C17H33NO2. The molecule has 0 aliphatic heterocycles. The monoisotopic (exact) mass is 283 g/mol. The summed E-state index contributed by atoms with van der Waals surface area (Å²) in [4.78, 5) is 12.0. The number of carbonyl (C=O) groups excluding carboxylic acids is 1. The minimum Gasteiger partial charge on any atom is -0.468 e. The zero-order valence-electron chi connectivity index (χ0n) is 14.2. The molecular weight excluding hydrogens is 250 g/mol. The molecule has 1 unspecified atom stereocenters. The summed E-state index contributed by atoms with van der Waals surface area (Å²) < 4.78 is 4.99. The van der Waals surface area contributed by atoms with Crippen LogP contribution in [0.25, 0.3) is 0 Å². The number of hydrogen-bond donors (Lipinski definition) is 1. The van der Waals surface area contributed by atoms with Crippen molar-refractivity contribution >= 4 is 5.97 Å². The molecule has 0 bridgehead atoms. The summed E-state index contributed by atoms with van der Waals surface area (Å²) in [5.41, 5.74) is 0.386. The van der Waals surface area contributed by atoms with Crippen LogP contribution in [0, 0.1) is 23.2 Å². The van der Waals surface area contributed by atoms with E-state index in [4.69, 9.17) is 4.74 Å². The zero-order valence-corrected chi connectivity index (χ0v) is 14.2. The molecule has 1 N–H and O–H groups in total. The molecule has 20 heavy (non-hydrogen) atoms. The first-order valence-corrected chi connectivity index (χ1v) is 8.07. The van der Waals surface area contributed by atoms with Crippen molar-refractivity contribution in [2.45, 2.75) is 66.3 Å². The van der Waals surface area contributed by atoms with E-state index in [0.717, 1.165) is 25.3 Å². The summed E-state index contributed by atoms with van der Waals surface area (Å²) in [5, 5.41) is 3.42. The lowest BCUT2D eigenvalue weighted by Gasteiger charge is -2.39. The second-order valence-corrected chi connectivity index (χ2v) is 7.78. The lowest BCUT2D eigenvalue weighted by Crippen LogP contribution is -2.46. The number of ether oxygens (including phenoxy) is 1. The van der Waals surface area contributed by atoms with Gasteiger partial charge in [-0.25, -0.2) is 0 Å². The minimum atomic E-state index is -0.122. The summed E-state index contributed by atoms with van der Waals surface area (Å²) in [6.45, 7) is 12.2. The maximum atomic E-state index is 12.0. The molecule has 1 fully saturated rings. The van der Waals surface area contributed by atoms with Gasteiger partial charge in [0.05, 0.1) is 7.11 Å². The Balaban J connectivity index is 2.58. The van der Waals surface area contributed by atoms with Crippen LogP contribution < -0.4 is 5.32 Å². The van der Waals surface area contributed by atoms with Gasteiger partial charge in [0, 0.05) is 0 Å². The Morgan fingerprint density at radius 2 is 1.75 bits per heavy atom. The molecule has 0 heterocycles. The predicted molar refractivity (Wildman–Crippen MR) is 83.5 cm³/mol. The second-order valence-electron chi connectivity index (χ2n) is 7.78. The minimum absolute atomic E-state index is 0.0927. The van der Waals surface area contributed by atoms with Gasteiger partial charge in [-0.05, 0) is 55.4 Å². The molecule has 0 saturated heterocycles. The third-order valence-corrected chi connectivity index (χ3v) is 4.67. The normalized spacial score (nSPS) is 25.6. The van der Waals surface area contributed by atoms with Crippen molar-refractivity contribution in [2.75, 3.05) is 13.7 Å². The van der Waals surface area contributed by atoms with Gasteiger partial charge in [-0.1, -0.05) is 34.6 Å². The van der Waals surface area contributed by atoms with Crippen LogP contribution in [-0.2, 0) is 9.53 Å². The molecule has 1 aliphatic rings. The lowest BCUT2D eigenvalue weighted by molar-refractivity contribution is -0.145. The van der Waals surface area contributed by atoms with E-state index in [1.54, 1.807) is 0 Å². The maximum absolute atomic E-state index is 12.0. The first kappa shape index (κ1) is 17.5. The molecule has 0 amide bonds. The molecule has 1 atom stereocenters. The average Bonchev–Trinajstić information content (AvgIpc) is 2.37. The van der Waals surface area contributed by atoms with Crippen LogP contribution in [0.5, 0.6) is 0 Å². The second kappa shape index (κ2) is 7.44. The van der Waals surface area contributed by atoms with Crippen LogP contribution in [0.15, 0.2) is 0 Å². The van der Waals surface area contributed by atoms with Crippen LogP contribution in [0.1, 0.15) is 60.3 Å². The first-order chi connectivity index (χ1) is 9.25. The van der Waals surface area contributed by atoms with Crippen molar-refractivity contribution < 1.29 is 9.53 Å². The predicted octanol–water partition coefficient (Wildman–Crippen LogP) is 3.63. The molecule has 0 aromatic carbocycles. The van der Waals surface area contributed by atoms with E-state index in [0.29, 0.717) is 17.3 Å². The first-order valence-electron chi connectivity index (χ1n) is 8.07. The summed E-state index contributed by atoms with van der Waals surface area (Å²) in [6, 6.07) is -0.122. The highest BCUT2D eigenvalue weighted by molar-refractivity contribution is 5.76. The summed E-state index contributed by atoms with van der Waals surface area (Å²) in [7, 11) is 1.49. The van der Waals surface area contributed by atoms with E-state index in [2.05, 4.69) is 39.9 Å². The summed E-state index contributed by atoms with van der Waals surface area (Å²) in [6.07, 6.45) is 4.72. The number of hydrogen-bond acceptors (Lipinski definition) is 3. The Labute approximate surface area is 124 Å². The van der Waals surface area contributed by atoms with Crippen LogP contribution in [0.4, 0.5) is 0 Å². The van der Waals surface area contributed by atoms with E-state index in [1.807, 2.05) is 0 Å². The van der Waals surface area contributed by atoms with Crippen molar-refractivity contribution in [2.24, 2.45) is 23.2 Å². The highest BCUT2D eigenvalue weighted by Gasteiger charge is 2.35. The summed E-state index contributed by atoms with van der Waals surface area (Å²) in [5.74, 6) is 1.67. The smallest absolute Gasteiger partial charge is 0.323 e. The molecule has 3 nitrogen and oxygen atoms in total. The molecule has 0 spiro atoms. The summed E-state index contributed by atoms with van der Waals surface area (Å²) >= 11 is 0. The van der Waals surface area contributed by atoms with Crippen molar-refractivity contribution in [3.63, 3.8) is 0 Å². The lowest BCUT2D eigenvalue weighted by atomic mass is 9.68. The van der Waals surface area contributed by atoms with Gasteiger partial charge < -0.3 is 10.1 Å². The van der Waals surface area contributed by atoms with Gasteiger partial charge in [0.2, 0.25) is 0 Å². The Morgan fingerprint density at radius 3 is 2.15 bits per heavy atom. The van der Waals surface area contributed by atoms with Gasteiger partial charge in [-0.3, -0.25) is 4.79 Å². The van der Waals surface area contributed by atoms with E-state index in [-0.39, 0.29) is 12.0 Å². The average molecular weight is 283 g/mol. The Kier molecular flexibility index (Phi) is 6.50. The highest BCUT2D eigenvalue weighted by atomic mass is 16.5. The van der Waals surface area contributed by atoms with Crippen LogP contribution in [0.2, 0.25) is 0 Å². The largest absolute Gasteiger partial charge is 0.468 e. The Bertz CT molecular complexity index is 299.